The fourth-order valence-electron chi connectivity index (χ4n) is 2.22. The minimum Gasteiger partial charge on any atom is -0.356 e. The molecular formula is C12H19N3O. The fourth-order valence-corrected chi connectivity index (χ4v) is 2.22. The van der Waals surface area contributed by atoms with E-state index in [1.165, 1.54) is 19.3 Å². The molecule has 0 saturated carbocycles. The van der Waals surface area contributed by atoms with Gasteiger partial charge in [0.2, 0.25) is 0 Å². The van der Waals surface area contributed by atoms with Gasteiger partial charge in [-0.15, -0.1) is 0 Å². The summed E-state index contributed by atoms with van der Waals surface area (Å²) in [6.07, 6.45) is 3.65. The van der Waals surface area contributed by atoms with Crippen molar-refractivity contribution in [1.29, 1.82) is 0 Å². The van der Waals surface area contributed by atoms with Gasteiger partial charge in [0.1, 0.15) is 11.6 Å². The van der Waals surface area contributed by atoms with Gasteiger partial charge >= 0.3 is 0 Å². The SMILES string of the molecule is Cc1nc(N2CCCC(C)CC2)cc(=O)[nH]1. The van der Waals surface area contributed by atoms with Crippen LogP contribution >= 0.6 is 0 Å². The minimum absolute atomic E-state index is 0.0557. The molecule has 1 aromatic heterocycles. The number of rotatable bonds is 1. The first kappa shape index (κ1) is 11.2. The lowest BCUT2D eigenvalue weighted by Crippen LogP contribution is -2.27. The number of H-pyrrole nitrogens is 1. The lowest BCUT2D eigenvalue weighted by molar-refractivity contribution is 0.521. The normalized spacial score (nSPS) is 21.9. The summed E-state index contributed by atoms with van der Waals surface area (Å²) >= 11 is 0. The summed E-state index contributed by atoms with van der Waals surface area (Å²) in [4.78, 5) is 20.7. The number of hydrogen-bond acceptors (Lipinski definition) is 3. The molecule has 4 nitrogen and oxygen atoms in total. The highest BCUT2D eigenvalue weighted by molar-refractivity contribution is 5.37. The van der Waals surface area contributed by atoms with E-state index < -0.39 is 0 Å². The third kappa shape index (κ3) is 2.62. The van der Waals surface area contributed by atoms with Crippen LogP contribution in [-0.4, -0.2) is 23.1 Å². The molecule has 2 heterocycles. The molecule has 1 atom stereocenters. The van der Waals surface area contributed by atoms with E-state index in [9.17, 15) is 4.79 Å². The van der Waals surface area contributed by atoms with E-state index in [-0.39, 0.29) is 5.56 Å². The van der Waals surface area contributed by atoms with Crippen molar-refractivity contribution < 1.29 is 0 Å². The second kappa shape index (κ2) is 4.68. The predicted octanol–water partition coefficient (Wildman–Crippen LogP) is 1.70. The van der Waals surface area contributed by atoms with Gasteiger partial charge in [-0.05, 0) is 32.1 Å². The molecule has 1 aromatic rings. The highest BCUT2D eigenvalue weighted by atomic mass is 16.1. The van der Waals surface area contributed by atoms with Crippen molar-refractivity contribution in [3.63, 3.8) is 0 Å². The van der Waals surface area contributed by atoms with Crippen molar-refractivity contribution >= 4 is 5.82 Å². The van der Waals surface area contributed by atoms with Gasteiger partial charge in [0.05, 0.1) is 0 Å². The van der Waals surface area contributed by atoms with Crippen LogP contribution in [0.3, 0.4) is 0 Å². The van der Waals surface area contributed by atoms with Crippen molar-refractivity contribution in [2.24, 2.45) is 5.92 Å². The summed E-state index contributed by atoms with van der Waals surface area (Å²) in [5.74, 6) is 2.31. The molecule has 2 rings (SSSR count). The van der Waals surface area contributed by atoms with Crippen molar-refractivity contribution in [2.45, 2.75) is 33.1 Å². The monoisotopic (exact) mass is 221 g/mol. The third-order valence-electron chi connectivity index (χ3n) is 3.19. The Morgan fingerprint density at radius 1 is 1.44 bits per heavy atom. The van der Waals surface area contributed by atoms with Gasteiger partial charge < -0.3 is 9.88 Å². The van der Waals surface area contributed by atoms with E-state index in [0.29, 0.717) is 5.82 Å². The zero-order chi connectivity index (χ0) is 11.5. The summed E-state index contributed by atoms with van der Waals surface area (Å²) in [6.45, 7) is 6.14. The molecule has 1 fully saturated rings. The number of hydrogen-bond donors (Lipinski definition) is 1. The molecule has 0 amide bonds. The first-order valence-corrected chi connectivity index (χ1v) is 5.98. The second-order valence-corrected chi connectivity index (χ2v) is 4.71. The molecule has 0 bridgehead atoms. The third-order valence-corrected chi connectivity index (χ3v) is 3.19. The van der Waals surface area contributed by atoms with Crippen molar-refractivity contribution in [1.82, 2.24) is 9.97 Å². The van der Waals surface area contributed by atoms with Gasteiger partial charge in [0.25, 0.3) is 5.56 Å². The Labute approximate surface area is 95.7 Å². The molecule has 0 aliphatic carbocycles. The van der Waals surface area contributed by atoms with Crippen molar-refractivity contribution in [3.8, 4) is 0 Å². The van der Waals surface area contributed by atoms with Crippen molar-refractivity contribution in [3.05, 3.63) is 22.2 Å². The molecule has 4 heteroatoms. The number of aromatic nitrogens is 2. The van der Waals surface area contributed by atoms with Crippen LogP contribution in [0.5, 0.6) is 0 Å². The first-order chi connectivity index (χ1) is 7.65. The van der Waals surface area contributed by atoms with E-state index in [1.54, 1.807) is 6.07 Å². The number of nitrogens with zero attached hydrogens (tertiary/aromatic N) is 2. The van der Waals surface area contributed by atoms with Gasteiger partial charge in [-0.2, -0.15) is 0 Å². The van der Waals surface area contributed by atoms with Gasteiger partial charge in [-0.1, -0.05) is 6.92 Å². The highest BCUT2D eigenvalue weighted by Crippen LogP contribution is 2.19. The van der Waals surface area contributed by atoms with Crippen LogP contribution in [0.4, 0.5) is 5.82 Å². The zero-order valence-electron chi connectivity index (χ0n) is 9.99. The van der Waals surface area contributed by atoms with Crippen LogP contribution in [-0.2, 0) is 0 Å². The van der Waals surface area contributed by atoms with Gasteiger partial charge in [0, 0.05) is 19.2 Å². The molecule has 0 spiro atoms. The molecule has 1 unspecified atom stereocenters. The average molecular weight is 221 g/mol. The standard InChI is InChI=1S/C12H19N3O/c1-9-4-3-6-15(7-5-9)11-8-12(16)14-10(2)13-11/h8-9H,3-7H2,1-2H3,(H,13,14,16). The number of anilines is 1. The smallest absolute Gasteiger partial charge is 0.252 e. The van der Waals surface area contributed by atoms with Crippen LogP contribution in [0, 0.1) is 12.8 Å². The molecule has 0 radical (unpaired) electrons. The lowest BCUT2D eigenvalue weighted by Gasteiger charge is -2.21. The maximum Gasteiger partial charge on any atom is 0.252 e. The number of nitrogens with one attached hydrogen (secondary N) is 1. The summed E-state index contributed by atoms with van der Waals surface area (Å²) in [7, 11) is 0. The van der Waals surface area contributed by atoms with E-state index in [2.05, 4.69) is 21.8 Å². The quantitative estimate of drug-likeness (QED) is 0.785. The van der Waals surface area contributed by atoms with Crippen LogP contribution in [0.1, 0.15) is 32.0 Å². The average Bonchev–Trinajstić information content (AvgIpc) is 2.41. The molecule has 88 valence electrons. The van der Waals surface area contributed by atoms with Gasteiger partial charge in [0.15, 0.2) is 0 Å². The number of aryl methyl sites for hydroxylation is 1. The summed E-state index contributed by atoms with van der Waals surface area (Å²) in [5.41, 5.74) is -0.0557. The molecule has 0 aromatic carbocycles. The van der Waals surface area contributed by atoms with Crippen LogP contribution in [0.2, 0.25) is 0 Å². The van der Waals surface area contributed by atoms with Gasteiger partial charge in [-0.25, -0.2) is 4.98 Å². The molecule has 1 aliphatic rings. The molecule has 1 N–H and O–H groups in total. The second-order valence-electron chi connectivity index (χ2n) is 4.71. The minimum atomic E-state index is -0.0557. The van der Waals surface area contributed by atoms with Crippen molar-refractivity contribution in [2.75, 3.05) is 18.0 Å². The Bertz CT molecular complexity index is 413. The Kier molecular flexibility index (Phi) is 3.27. The Hall–Kier alpha value is -1.32. The summed E-state index contributed by atoms with van der Waals surface area (Å²) in [5, 5.41) is 0. The van der Waals surface area contributed by atoms with Crippen LogP contribution in [0.25, 0.3) is 0 Å². The van der Waals surface area contributed by atoms with E-state index in [4.69, 9.17) is 0 Å². The Morgan fingerprint density at radius 2 is 2.25 bits per heavy atom. The molecular weight excluding hydrogens is 202 g/mol. The maximum atomic E-state index is 11.4. The molecule has 1 aliphatic heterocycles. The fraction of sp³-hybridized carbons (Fsp3) is 0.667. The first-order valence-electron chi connectivity index (χ1n) is 5.98. The maximum absolute atomic E-state index is 11.4. The van der Waals surface area contributed by atoms with Crippen LogP contribution in [0.15, 0.2) is 10.9 Å². The Morgan fingerprint density at radius 3 is 3.00 bits per heavy atom. The summed E-state index contributed by atoms with van der Waals surface area (Å²) < 4.78 is 0. The topological polar surface area (TPSA) is 49.0 Å². The highest BCUT2D eigenvalue weighted by Gasteiger charge is 2.15. The molecule has 1 saturated heterocycles. The van der Waals surface area contributed by atoms with E-state index >= 15 is 0 Å². The predicted molar refractivity (Wildman–Crippen MR) is 64.8 cm³/mol. The number of aromatic amines is 1. The van der Waals surface area contributed by atoms with Gasteiger partial charge in [-0.3, -0.25) is 4.79 Å². The summed E-state index contributed by atoms with van der Waals surface area (Å²) in [6, 6.07) is 1.60. The largest absolute Gasteiger partial charge is 0.356 e. The van der Waals surface area contributed by atoms with E-state index in [0.717, 1.165) is 24.8 Å². The van der Waals surface area contributed by atoms with Crippen LogP contribution < -0.4 is 10.5 Å². The molecule has 16 heavy (non-hydrogen) atoms. The zero-order valence-corrected chi connectivity index (χ0v) is 9.99. The van der Waals surface area contributed by atoms with E-state index in [1.807, 2.05) is 6.92 Å². The lowest BCUT2D eigenvalue weighted by atomic mass is 10.0. The Balaban J connectivity index is 2.19.